The first kappa shape index (κ1) is 41.7. The Morgan fingerprint density at radius 3 is 0.778 bits per heavy atom. The molecule has 0 fully saturated rings. The Balaban J connectivity index is 0.000000290. The van der Waals surface area contributed by atoms with E-state index in [2.05, 4.69) is 77.3 Å². The maximum atomic E-state index is 11.7. The van der Waals surface area contributed by atoms with Gasteiger partial charge in [-0.1, -0.05) is 97.1 Å². The van der Waals surface area contributed by atoms with E-state index < -0.39 is 23.9 Å². The number of carbonyl (C=O) groups is 4. The molecule has 0 N–H and O–H groups in total. The molecule has 0 radical (unpaired) electrons. The molecular weight excluding hydrogens is 684 g/mol. The van der Waals surface area contributed by atoms with Crippen molar-refractivity contribution in [3.05, 3.63) is 142 Å². The number of hydrogen-bond acceptors (Lipinski definition) is 10. The normalized spacial score (nSPS) is 10.4. The number of esters is 4. The van der Waals surface area contributed by atoms with Crippen LogP contribution in [0.4, 0.5) is 11.4 Å². The van der Waals surface area contributed by atoms with Crippen LogP contribution in [0.25, 0.3) is 36.5 Å². The molecule has 4 aromatic carbocycles. The number of benzene rings is 4. The Labute approximate surface area is 317 Å². The van der Waals surface area contributed by atoms with Crippen LogP contribution in [0.5, 0.6) is 0 Å². The van der Waals surface area contributed by atoms with Crippen LogP contribution < -0.4 is 9.80 Å². The van der Waals surface area contributed by atoms with Crippen LogP contribution in [0.2, 0.25) is 0 Å². The minimum Gasteiger partial charge on any atom is -0.465 e. The highest BCUT2D eigenvalue weighted by molar-refractivity contribution is 6.18. The van der Waals surface area contributed by atoms with Gasteiger partial charge in [-0.15, -0.1) is 0 Å². The smallest absolute Gasteiger partial charge is 0.345 e. The molecule has 0 saturated carbocycles. The maximum Gasteiger partial charge on any atom is 0.345 e. The second kappa shape index (κ2) is 21.0. The van der Waals surface area contributed by atoms with E-state index in [9.17, 15) is 19.2 Å². The molecule has 4 aromatic rings. The first-order chi connectivity index (χ1) is 25.9. The average molecular weight is 731 g/mol. The number of anilines is 2. The van der Waals surface area contributed by atoms with Crippen LogP contribution in [-0.4, -0.2) is 80.5 Å². The zero-order valence-electron chi connectivity index (χ0n) is 31.9. The minimum atomic E-state index is -0.730. The number of hydrogen-bond donors (Lipinski definition) is 0. The van der Waals surface area contributed by atoms with Crippen molar-refractivity contribution < 1.29 is 38.1 Å². The van der Waals surface area contributed by atoms with Gasteiger partial charge < -0.3 is 28.7 Å². The molecule has 0 aromatic heterocycles. The fourth-order valence-electron chi connectivity index (χ4n) is 4.73. The molecule has 0 atom stereocenters. The lowest BCUT2D eigenvalue weighted by molar-refractivity contribution is -0.145. The first-order valence-corrected chi connectivity index (χ1v) is 16.8. The highest BCUT2D eigenvalue weighted by atomic mass is 16.5. The Bertz CT molecular complexity index is 1800. The molecule has 0 saturated heterocycles. The molecule has 280 valence electrons. The number of methoxy groups -OCH3 is 4. The van der Waals surface area contributed by atoms with Crippen molar-refractivity contribution in [3.63, 3.8) is 0 Å². The average Bonchev–Trinajstić information content (AvgIpc) is 3.20. The number of ether oxygens (including phenoxy) is 4. The summed E-state index contributed by atoms with van der Waals surface area (Å²) in [7, 11) is 12.9. The van der Waals surface area contributed by atoms with Crippen molar-refractivity contribution in [2.24, 2.45) is 0 Å². The molecule has 0 heterocycles. The highest BCUT2D eigenvalue weighted by Gasteiger charge is 2.20. The third-order valence-electron chi connectivity index (χ3n) is 7.87. The molecule has 4 rings (SSSR count). The van der Waals surface area contributed by atoms with Gasteiger partial charge >= 0.3 is 23.9 Å². The van der Waals surface area contributed by atoms with E-state index in [1.807, 2.05) is 101 Å². The van der Waals surface area contributed by atoms with Gasteiger partial charge in [-0.05, 0) is 69.8 Å². The molecule has 0 aliphatic rings. The SMILES string of the molecule is COC(=O)C(=Cc1ccc(/C=C/c2ccc(N(C)C)cc2)cc1)C(=O)OC.COC(=O)C(=Cc1ccc(/C=C/c2ccc(N(C)C)cc2)cc1)C(=O)OC. The summed E-state index contributed by atoms with van der Waals surface area (Å²) in [4.78, 5) is 50.9. The van der Waals surface area contributed by atoms with Gasteiger partial charge in [0.15, 0.2) is 0 Å². The van der Waals surface area contributed by atoms with Crippen molar-refractivity contribution in [2.45, 2.75) is 0 Å². The highest BCUT2D eigenvalue weighted by Crippen LogP contribution is 2.18. The monoisotopic (exact) mass is 730 g/mol. The maximum absolute atomic E-state index is 11.7. The Kier molecular flexibility index (Phi) is 16.2. The number of nitrogens with zero attached hydrogens (tertiary/aromatic N) is 2. The van der Waals surface area contributed by atoms with Gasteiger partial charge in [-0.25, -0.2) is 19.2 Å². The molecule has 0 spiro atoms. The molecular formula is C44H46N2O8. The topological polar surface area (TPSA) is 112 Å². The fraction of sp³-hybridized carbons (Fsp3) is 0.182. The lowest BCUT2D eigenvalue weighted by atomic mass is 10.1. The molecule has 10 heteroatoms. The van der Waals surface area contributed by atoms with Crippen molar-refractivity contribution in [1.82, 2.24) is 0 Å². The largest absolute Gasteiger partial charge is 0.465 e. The van der Waals surface area contributed by atoms with Crippen LogP contribution in [0.3, 0.4) is 0 Å². The van der Waals surface area contributed by atoms with E-state index in [0.717, 1.165) is 33.6 Å². The van der Waals surface area contributed by atoms with E-state index in [0.29, 0.717) is 11.1 Å². The van der Waals surface area contributed by atoms with Gasteiger partial charge in [0.05, 0.1) is 28.4 Å². The van der Waals surface area contributed by atoms with E-state index in [4.69, 9.17) is 0 Å². The van der Waals surface area contributed by atoms with Crippen LogP contribution in [0.1, 0.15) is 33.4 Å². The molecule has 0 bridgehead atoms. The molecule has 10 nitrogen and oxygen atoms in total. The van der Waals surface area contributed by atoms with Gasteiger partial charge in [-0.3, -0.25) is 0 Å². The number of rotatable bonds is 12. The summed E-state index contributed by atoms with van der Waals surface area (Å²) in [5, 5.41) is 0. The molecule has 0 aliphatic carbocycles. The van der Waals surface area contributed by atoms with Gasteiger partial charge in [0.25, 0.3) is 0 Å². The van der Waals surface area contributed by atoms with Crippen molar-refractivity contribution in [3.8, 4) is 0 Å². The summed E-state index contributed by atoms with van der Waals surface area (Å²) in [6.45, 7) is 0. The van der Waals surface area contributed by atoms with Gasteiger partial charge in [0.2, 0.25) is 0 Å². The summed E-state index contributed by atoms with van der Waals surface area (Å²) in [5.74, 6) is -2.92. The summed E-state index contributed by atoms with van der Waals surface area (Å²) >= 11 is 0. The zero-order valence-corrected chi connectivity index (χ0v) is 31.9. The second-order valence-corrected chi connectivity index (χ2v) is 12.1. The quantitative estimate of drug-likeness (QED) is 0.0368. The molecule has 0 amide bonds. The Morgan fingerprint density at radius 2 is 0.574 bits per heavy atom. The van der Waals surface area contributed by atoms with E-state index in [1.54, 1.807) is 0 Å². The minimum absolute atomic E-state index is 0.149. The van der Waals surface area contributed by atoms with E-state index >= 15 is 0 Å². The Morgan fingerprint density at radius 1 is 0.370 bits per heavy atom. The van der Waals surface area contributed by atoms with Crippen LogP contribution in [0, 0.1) is 0 Å². The van der Waals surface area contributed by atoms with Crippen LogP contribution in [-0.2, 0) is 38.1 Å². The van der Waals surface area contributed by atoms with Gasteiger partial charge in [0, 0.05) is 39.6 Å². The summed E-state index contributed by atoms with van der Waals surface area (Å²) in [6, 6.07) is 31.4. The van der Waals surface area contributed by atoms with Gasteiger partial charge in [0.1, 0.15) is 11.1 Å². The summed E-state index contributed by atoms with van der Waals surface area (Å²) < 4.78 is 18.5. The molecule has 0 unspecified atom stereocenters. The predicted octanol–water partition coefficient (Wildman–Crippen LogP) is 7.30. The molecule has 0 aliphatic heterocycles. The van der Waals surface area contributed by atoms with Crippen LogP contribution >= 0.6 is 0 Å². The first-order valence-electron chi connectivity index (χ1n) is 16.8. The summed E-state index contributed by atoms with van der Waals surface area (Å²) in [5.41, 5.74) is 7.61. The second-order valence-electron chi connectivity index (χ2n) is 12.1. The Hall–Kier alpha value is -6.68. The lowest BCUT2D eigenvalue weighted by Gasteiger charge is -2.11. The zero-order chi connectivity index (χ0) is 39.6. The third-order valence-corrected chi connectivity index (χ3v) is 7.87. The fourth-order valence-corrected chi connectivity index (χ4v) is 4.73. The van der Waals surface area contributed by atoms with Crippen molar-refractivity contribution in [2.75, 3.05) is 66.4 Å². The third kappa shape index (κ3) is 12.8. The van der Waals surface area contributed by atoms with Crippen molar-refractivity contribution >= 4 is 71.7 Å². The number of carbonyl (C=O) groups excluding carboxylic acids is 4. The summed E-state index contributed by atoms with van der Waals surface area (Å²) in [6.07, 6.45) is 11.0. The predicted molar refractivity (Wildman–Crippen MR) is 216 cm³/mol. The van der Waals surface area contributed by atoms with Gasteiger partial charge in [-0.2, -0.15) is 0 Å². The standard InChI is InChI=1S/2C22H23NO4/c2*1-23(2)19-13-11-17(12-14-19)6-5-16-7-9-18(10-8-16)15-20(21(24)26-3)22(25)27-4/h2*5-15H,1-4H3/b2*6-5+. The lowest BCUT2D eigenvalue weighted by Crippen LogP contribution is -2.15. The van der Waals surface area contributed by atoms with Crippen LogP contribution in [0.15, 0.2) is 108 Å². The van der Waals surface area contributed by atoms with E-state index in [1.165, 1.54) is 40.6 Å². The van der Waals surface area contributed by atoms with Crippen molar-refractivity contribution in [1.29, 1.82) is 0 Å². The molecule has 54 heavy (non-hydrogen) atoms. The van der Waals surface area contributed by atoms with E-state index in [-0.39, 0.29) is 11.1 Å².